The summed E-state index contributed by atoms with van der Waals surface area (Å²) in [6.45, 7) is 0. The van der Waals surface area contributed by atoms with E-state index in [9.17, 15) is 5.11 Å². The number of nitrogens with two attached hydrogens (primary N) is 1. The first-order valence-corrected chi connectivity index (χ1v) is 4.74. The topological polar surface area (TPSA) is 64.1 Å². The third kappa shape index (κ3) is 1.40. The van der Waals surface area contributed by atoms with Gasteiger partial charge in [0, 0.05) is 0 Å². The van der Waals surface area contributed by atoms with E-state index in [0.717, 1.165) is 19.3 Å². The van der Waals surface area contributed by atoms with Crippen LogP contribution in [0.4, 0.5) is 5.82 Å². The molecular weight excluding hydrogens is 190 g/mol. The van der Waals surface area contributed by atoms with Crippen molar-refractivity contribution in [1.29, 1.82) is 0 Å². The molecule has 1 aliphatic carbocycles. The molecule has 1 heterocycles. The monoisotopic (exact) mass is 201 g/mol. The van der Waals surface area contributed by atoms with Gasteiger partial charge in [-0.1, -0.05) is 11.6 Å². The van der Waals surface area contributed by atoms with Crippen LogP contribution in [0.5, 0.6) is 0 Å². The van der Waals surface area contributed by atoms with Crippen molar-refractivity contribution in [3.05, 3.63) is 11.2 Å². The fourth-order valence-corrected chi connectivity index (χ4v) is 1.95. The second-order valence-electron chi connectivity index (χ2n) is 3.39. The number of anilines is 1. The molecule has 2 rings (SSSR count). The fraction of sp³-hybridized carbons (Fsp3) is 0.625. The van der Waals surface area contributed by atoms with Gasteiger partial charge in [0.2, 0.25) is 0 Å². The molecule has 13 heavy (non-hydrogen) atoms. The Bertz CT molecular complexity index is 312. The van der Waals surface area contributed by atoms with Gasteiger partial charge >= 0.3 is 0 Å². The predicted octanol–water partition coefficient (Wildman–Crippen LogP) is 1.20. The molecule has 1 fully saturated rings. The van der Waals surface area contributed by atoms with Crippen LogP contribution in [0.1, 0.15) is 25.3 Å². The quantitative estimate of drug-likeness (QED) is 0.718. The number of nitrogen functional groups attached to an aromatic ring is 1. The van der Waals surface area contributed by atoms with E-state index in [1.54, 1.807) is 4.68 Å². The van der Waals surface area contributed by atoms with Crippen molar-refractivity contribution in [1.82, 2.24) is 9.78 Å². The molecule has 2 unspecified atom stereocenters. The van der Waals surface area contributed by atoms with Crippen molar-refractivity contribution in [2.45, 2.75) is 31.4 Å². The second kappa shape index (κ2) is 3.20. The normalized spacial score (nSPS) is 28.2. The first kappa shape index (κ1) is 8.84. The van der Waals surface area contributed by atoms with E-state index in [1.165, 1.54) is 6.20 Å². The Labute approximate surface area is 81.3 Å². The molecule has 0 aliphatic heterocycles. The van der Waals surface area contributed by atoms with Crippen molar-refractivity contribution < 1.29 is 5.11 Å². The van der Waals surface area contributed by atoms with Crippen molar-refractivity contribution in [2.75, 3.05) is 5.73 Å². The summed E-state index contributed by atoms with van der Waals surface area (Å²) in [5.74, 6) is 0.451. The minimum absolute atomic E-state index is 0.00694. The Morgan fingerprint density at radius 3 is 2.85 bits per heavy atom. The molecule has 0 spiro atoms. The lowest BCUT2D eigenvalue weighted by atomic mass is 10.2. The van der Waals surface area contributed by atoms with E-state index in [-0.39, 0.29) is 12.1 Å². The van der Waals surface area contributed by atoms with Crippen molar-refractivity contribution in [2.24, 2.45) is 0 Å². The summed E-state index contributed by atoms with van der Waals surface area (Å²) < 4.78 is 1.62. The lowest BCUT2D eigenvalue weighted by molar-refractivity contribution is 0.131. The number of nitrogens with zero attached hydrogens (tertiary/aromatic N) is 2. The van der Waals surface area contributed by atoms with Crippen LogP contribution in [0.25, 0.3) is 0 Å². The summed E-state index contributed by atoms with van der Waals surface area (Å²) in [4.78, 5) is 0. The van der Waals surface area contributed by atoms with Gasteiger partial charge in [0.05, 0.1) is 18.3 Å². The van der Waals surface area contributed by atoms with Gasteiger partial charge in [0.25, 0.3) is 0 Å². The number of hydrogen-bond donors (Lipinski definition) is 2. The average molecular weight is 202 g/mol. The molecular formula is C8H12ClN3O. The number of aliphatic hydroxyl groups is 1. The smallest absolute Gasteiger partial charge is 0.141 e. The van der Waals surface area contributed by atoms with Crippen LogP contribution in [-0.2, 0) is 0 Å². The summed E-state index contributed by atoms with van der Waals surface area (Å²) in [5.41, 5.74) is 5.70. The molecule has 0 radical (unpaired) electrons. The lowest BCUT2D eigenvalue weighted by Crippen LogP contribution is -2.20. The Morgan fingerprint density at radius 1 is 1.62 bits per heavy atom. The van der Waals surface area contributed by atoms with Crippen LogP contribution >= 0.6 is 11.6 Å². The van der Waals surface area contributed by atoms with Crippen LogP contribution in [0.3, 0.4) is 0 Å². The van der Waals surface area contributed by atoms with Crippen molar-refractivity contribution in [3.8, 4) is 0 Å². The van der Waals surface area contributed by atoms with Crippen molar-refractivity contribution >= 4 is 17.4 Å². The zero-order valence-corrected chi connectivity index (χ0v) is 7.91. The van der Waals surface area contributed by atoms with Gasteiger partial charge in [-0.05, 0) is 19.3 Å². The molecule has 0 bridgehead atoms. The molecule has 0 saturated heterocycles. The number of aliphatic hydroxyl groups excluding tert-OH is 1. The maximum atomic E-state index is 9.62. The van der Waals surface area contributed by atoms with E-state index in [0.29, 0.717) is 10.8 Å². The van der Waals surface area contributed by atoms with Crippen LogP contribution in [0.2, 0.25) is 5.02 Å². The van der Waals surface area contributed by atoms with Crippen LogP contribution in [0.15, 0.2) is 6.20 Å². The third-order valence-corrected chi connectivity index (χ3v) is 2.84. The Hall–Kier alpha value is -0.740. The SMILES string of the molecule is Nc1c(Cl)cnn1C1CCCC1O. The molecule has 1 aromatic rings. The Morgan fingerprint density at radius 2 is 2.38 bits per heavy atom. The van der Waals surface area contributed by atoms with E-state index in [4.69, 9.17) is 17.3 Å². The second-order valence-corrected chi connectivity index (χ2v) is 3.80. The summed E-state index contributed by atoms with van der Waals surface area (Å²) >= 11 is 5.77. The molecule has 0 amide bonds. The largest absolute Gasteiger partial charge is 0.391 e. The zero-order chi connectivity index (χ0) is 9.42. The van der Waals surface area contributed by atoms with Gasteiger partial charge in [0.15, 0.2) is 0 Å². The highest BCUT2D eigenvalue weighted by Crippen LogP contribution is 2.33. The molecule has 4 nitrogen and oxygen atoms in total. The number of hydrogen-bond acceptors (Lipinski definition) is 3. The zero-order valence-electron chi connectivity index (χ0n) is 7.15. The minimum Gasteiger partial charge on any atom is -0.391 e. The molecule has 5 heteroatoms. The van der Waals surface area contributed by atoms with Crippen LogP contribution < -0.4 is 5.73 Å². The van der Waals surface area contributed by atoms with Gasteiger partial charge in [-0.25, -0.2) is 4.68 Å². The predicted molar refractivity (Wildman–Crippen MR) is 50.5 cm³/mol. The van der Waals surface area contributed by atoms with Crippen LogP contribution in [-0.4, -0.2) is 21.0 Å². The van der Waals surface area contributed by atoms with E-state index in [1.807, 2.05) is 0 Å². The number of rotatable bonds is 1. The van der Waals surface area contributed by atoms with Crippen molar-refractivity contribution in [3.63, 3.8) is 0 Å². The first-order chi connectivity index (χ1) is 6.20. The van der Waals surface area contributed by atoms with Gasteiger partial charge in [0.1, 0.15) is 10.8 Å². The van der Waals surface area contributed by atoms with Gasteiger partial charge in [-0.3, -0.25) is 0 Å². The highest BCUT2D eigenvalue weighted by atomic mass is 35.5. The molecule has 2 atom stereocenters. The molecule has 3 N–H and O–H groups in total. The molecule has 72 valence electrons. The standard InChI is InChI=1S/C8H12ClN3O/c9-5-4-11-12(8(5)10)6-2-1-3-7(6)13/h4,6-7,13H,1-3,10H2. The van der Waals surface area contributed by atoms with Gasteiger partial charge < -0.3 is 10.8 Å². The summed E-state index contributed by atoms with van der Waals surface area (Å²) in [6, 6.07) is 0.00694. The molecule has 1 saturated carbocycles. The van der Waals surface area contributed by atoms with E-state index < -0.39 is 0 Å². The fourth-order valence-electron chi connectivity index (χ4n) is 1.82. The Balaban J connectivity index is 2.29. The lowest BCUT2D eigenvalue weighted by Gasteiger charge is -2.16. The minimum atomic E-state index is -0.335. The molecule has 0 aromatic carbocycles. The summed E-state index contributed by atoms with van der Waals surface area (Å²) in [7, 11) is 0. The van der Waals surface area contributed by atoms with E-state index >= 15 is 0 Å². The van der Waals surface area contributed by atoms with E-state index in [2.05, 4.69) is 5.10 Å². The highest BCUT2D eigenvalue weighted by Gasteiger charge is 2.28. The maximum Gasteiger partial charge on any atom is 0.141 e. The average Bonchev–Trinajstić information content (AvgIpc) is 2.62. The van der Waals surface area contributed by atoms with Crippen LogP contribution in [0, 0.1) is 0 Å². The Kier molecular flexibility index (Phi) is 2.17. The summed E-state index contributed by atoms with van der Waals surface area (Å²) in [5, 5.41) is 14.1. The highest BCUT2D eigenvalue weighted by molar-refractivity contribution is 6.32. The molecule has 1 aliphatic rings. The van der Waals surface area contributed by atoms with Gasteiger partial charge in [-0.15, -0.1) is 0 Å². The van der Waals surface area contributed by atoms with Gasteiger partial charge in [-0.2, -0.15) is 5.10 Å². The maximum absolute atomic E-state index is 9.62. The number of halogens is 1. The summed E-state index contributed by atoms with van der Waals surface area (Å²) in [6.07, 6.45) is 3.94. The first-order valence-electron chi connectivity index (χ1n) is 4.36. The third-order valence-electron chi connectivity index (χ3n) is 2.55. The molecule has 1 aromatic heterocycles. The number of aromatic nitrogens is 2.